The molecule has 0 radical (unpaired) electrons. The summed E-state index contributed by atoms with van der Waals surface area (Å²) in [6, 6.07) is 6.84. The lowest BCUT2D eigenvalue weighted by atomic mass is 10.2. The Morgan fingerprint density at radius 2 is 2.05 bits per heavy atom. The van der Waals surface area contributed by atoms with Gasteiger partial charge in [0.2, 0.25) is 0 Å². The van der Waals surface area contributed by atoms with E-state index in [4.69, 9.17) is 9.47 Å². The maximum Gasteiger partial charge on any atom is 0.325 e. The second-order valence-electron chi connectivity index (χ2n) is 3.86. The highest BCUT2D eigenvalue weighted by atomic mass is 16.5. The SMILES string of the molecule is CCCOc1cccc(C(=O)NCC(=O)OCC)c1. The minimum absolute atomic E-state index is 0.132. The lowest BCUT2D eigenvalue weighted by molar-refractivity contribution is -0.141. The van der Waals surface area contributed by atoms with Crippen molar-refractivity contribution in [1.82, 2.24) is 5.32 Å². The maximum atomic E-state index is 11.8. The van der Waals surface area contributed by atoms with E-state index in [1.54, 1.807) is 31.2 Å². The number of rotatable bonds is 7. The van der Waals surface area contributed by atoms with Crippen LogP contribution in [-0.4, -0.2) is 31.6 Å². The molecular weight excluding hydrogens is 246 g/mol. The Kier molecular flexibility index (Phi) is 6.43. The van der Waals surface area contributed by atoms with Gasteiger partial charge in [-0.05, 0) is 31.5 Å². The van der Waals surface area contributed by atoms with E-state index in [0.29, 0.717) is 24.5 Å². The first-order chi connectivity index (χ1) is 9.17. The summed E-state index contributed by atoms with van der Waals surface area (Å²) in [4.78, 5) is 22.9. The molecule has 0 fully saturated rings. The van der Waals surface area contributed by atoms with Crippen LogP contribution in [0.25, 0.3) is 0 Å². The Morgan fingerprint density at radius 1 is 1.26 bits per heavy atom. The number of nitrogens with one attached hydrogen (secondary N) is 1. The number of ether oxygens (including phenoxy) is 2. The van der Waals surface area contributed by atoms with Gasteiger partial charge in [-0.15, -0.1) is 0 Å². The van der Waals surface area contributed by atoms with Gasteiger partial charge in [-0.3, -0.25) is 9.59 Å². The molecule has 0 spiro atoms. The van der Waals surface area contributed by atoms with Crippen molar-refractivity contribution in [3.8, 4) is 5.75 Å². The van der Waals surface area contributed by atoms with Crippen molar-refractivity contribution in [2.45, 2.75) is 20.3 Å². The summed E-state index contributed by atoms with van der Waals surface area (Å²) in [7, 11) is 0. The van der Waals surface area contributed by atoms with Gasteiger partial charge < -0.3 is 14.8 Å². The van der Waals surface area contributed by atoms with Crippen LogP contribution in [-0.2, 0) is 9.53 Å². The zero-order valence-electron chi connectivity index (χ0n) is 11.3. The fourth-order valence-corrected chi connectivity index (χ4v) is 1.41. The Balaban J connectivity index is 2.54. The molecule has 1 rings (SSSR count). The molecule has 0 aliphatic rings. The van der Waals surface area contributed by atoms with Gasteiger partial charge in [0.1, 0.15) is 12.3 Å². The van der Waals surface area contributed by atoms with Crippen molar-refractivity contribution < 1.29 is 19.1 Å². The molecule has 5 heteroatoms. The summed E-state index contributed by atoms with van der Waals surface area (Å²) in [6.45, 7) is 4.50. The normalized spacial score (nSPS) is 9.79. The van der Waals surface area contributed by atoms with Crippen LogP contribution in [0.3, 0.4) is 0 Å². The fraction of sp³-hybridized carbons (Fsp3) is 0.429. The average molecular weight is 265 g/mol. The third-order valence-corrected chi connectivity index (χ3v) is 2.27. The Hall–Kier alpha value is -2.04. The van der Waals surface area contributed by atoms with E-state index in [9.17, 15) is 9.59 Å². The molecule has 19 heavy (non-hydrogen) atoms. The maximum absolute atomic E-state index is 11.8. The van der Waals surface area contributed by atoms with E-state index in [-0.39, 0.29) is 12.5 Å². The van der Waals surface area contributed by atoms with E-state index in [1.807, 2.05) is 6.92 Å². The van der Waals surface area contributed by atoms with Crippen LogP contribution >= 0.6 is 0 Å². The molecule has 1 aromatic carbocycles. The van der Waals surface area contributed by atoms with Gasteiger partial charge in [-0.2, -0.15) is 0 Å². The van der Waals surface area contributed by atoms with E-state index in [0.717, 1.165) is 6.42 Å². The first kappa shape index (κ1) is 15.0. The highest BCUT2D eigenvalue weighted by Gasteiger charge is 2.09. The Bertz CT molecular complexity index is 431. The number of hydrogen-bond acceptors (Lipinski definition) is 4. The minimum Gasteiger partial charge on any atom is -0.494 e. The van der Waals surface area contributed by atoms with Crippen LogP contribution in [0.2, 0.25) is 0 Å². The van der Waals surface area contributed by atoms with Crippen molar-refractivity contribution in [2.75, 3.05) is 19.8 Å². The van der Waals surface area contributed by atoms with Gasteiger partial charge in [-0.25, -0.2) is 0 Å². The molecule has 0 aromatic heterocycles. The van der Waals surface area contributed by atoms with Gasteiger partial charge in [0.05, 0.1) is 13.2 Å². The summed E-state index contributed by atoms with van der Waals surface area (Å²) in [6.07, 6.45) is 0.902. The highest BCUT2D eigenvalue weighted by molar-refractivity contribution is 5.96. The molecule has 0 heterocycles. The Labute approximate surface area is 112 Å². The summed E-state index contributed by atoms with van der Waals surface area (Å²) >= 11 is 0. The molecule has 0 saturated carbocycles. The third-order valence-electron chi connectivity index (χ3n) is 2.27. The topological polar surface area (TPSA) is 64.6 Å². The van der Waals surface area contributed by atoms with Crippen LogP contribution in [0.1, 0.15) is 30.6 Å². The van der Waals surface area contributed by atoms with E-state index in [1.165, 1.54) is 0 Å². The van der Waals surface area contributed by atoms with Crippen LogP contribution in [0.15, 0.2) is 24.3 Å². The summed E-state index contributed by atoms with van der Waals surface area (Å²) in [5, 5.41) is 2.50. The molecule has 0 unspecified atom stereocenters. The zero-order chi connectivity index (χ0) is 14.1. The smallest absolute Gasteiger partial charge is 0.325 e. The molecule has 1 amide bonds. The number of amides is 1. The van der Waals surface area contributed by atoms with E-state index in [2.05, 4.69) is 5.32 Å². The fourth-order valence-electron chi connectivity index (χ4n) is 1.41. The highest BCUT2D eigenvalue weighted by Crippen LogP contribution is 2.13. The predicted octanol–water partition coefficient (Wildman–Crippen LogP) is 1.77. The van der Waals surface area contributed by atoms with Crippen molar-refractivity contribution >= 4 is 11.9 Å². The summed E-state index contributed by atoms with van der Waals surface area (Å²) in [5.74, 6) is -0.130. The summed E-state index contributed by atoms with van der Waals surface area (Å²) in [5.41, 5.74) is 0.456. The molecule has 0 saturated heterocycles. The first-order valence-corrected chi connectivity index (χ1v) is 6.34. The second-order valence-corrected chi connectivity index (χ2v) is 3.86. The number of hydrogen-bond donors (Lipinski definition) is 1. The summed E-state index contributed by atoms with van der Waals surface area (Å²) < 4.78 is 10.2. The molecule has 1 N–H and O–H groups in total. The lowest BCUT2D eigenvalue weighted by Crippen LogP contribution is -2.30. The molecule has 5 nitrogen and oxygen atoms in total. The van der Waals surface area contributed by atoms with Gasteiger partial charge in [0, 0.05) is 5.56 Å². The molecular formula is C14H19NO4. The predicted molar refractivity (Wildman–Crippen MR) is 71.2 cm³/mol. The zero-order valence-corrected chi connectivity index (χ0v) is 11.3. The van der Waals surface area contributed by atoms with Crippen LogP contribution in [0.4, 0.5) is 0 Å². The standard InChI is InChI=1S/C14H19NO4/c1-3-8-19-12-7-5-6-11(9-12)14(17)15-10-13(16)18-4-2/h5-7,9H,3-4,8,10H2,1-2H3,(H,15,17). The quantitative estimate of drug-likeness (QED) is 0.763. The van der Waals surface area contributed by atoms with Crippen LogP contribution < -0.4 is 10.1 Å². The molecule has 104 valence electrons. The number of esters is 1. The lowest BCUT2D eigenvalue weighted by Gasteiger charge is -2.07. The van der Waals surface area contributed by atoms with Crippen molar-refractivity contribution in [2.24, 2.45) is 0 Å². The van der Waals surface area contributed by atoms with Gasteiger partial charge in [0.15, 0.2) is 0 Å². The van der Waals surface area contributed by atoms with E-state index < -0.39 is 5.97 Å². The molecule has 0 aliphatic carbocycles. The van der Waals surface area contributed by atoms with Crippen LogP contribution in [0.5, 0.6) is 5.75 Å². The molecule has 0 aliphatic heterocycles. The molecule has 1 aromatic rings. The third kappa shape index (κ3) is 5.42. The average Bonchev–Trinajstić information content (AvgIpc) is 2.43. The first-order valence-electron chi connectivity index (χ1n) is 6.34. The Morgan fingerprint density at radius 3 is 2.74 bits per heavy atom. The molecule has 0 atom stereocenters. The van der Waals surface area contributed by atoms with Gasteiger partial charge >= 0.3 is 5.97 Å². The van der Waals surface area contributed by atoms with E-state index >= 15 is 0 Å². The number of carbonyl (C=O) groups is 2. The largest absolute Gasteiger partial charge is 0.494 e. The van der Waals surface area contributed by atoms with Gasteiger partial charge in [0.25, 0.3) is 5.91 Å². The van der Waals surface area contributed by atoms with Crippen LogP contribution in [0, 0.1) is 0 Å². The van der Waals surface area contributed by atoms with Crippen molar-refractivity contribution in [1.29, 1.82) is 0 Å². The van der Waals surface area contributed by atoms with Crippen molar-refractivity contribution in [3.63, 3.8) is 0 Å². The molecule has 0 bridgehead atoms. The van der Waals surface area contributed by atoms with Gasteiger partial charge in [-0.1, -0.05) is 13.0 Å². The van der Waals surface area contributed by atoms with Crippen molar-refractivity contribution in [3.05, 3.63) is 29.8 Å². The number of carbonyl (C=O) groups excluding carboxylic acids is 2. The second kappa shape index (κ2) is 8.13. The number of benzene rings is 1. The monoisotopic (exact) mass is 265 g/mol. The minimum atomic E-state index is -0.450.